The summed E-state index contributed by atoms with van der Waals surface area (Å²) in [5.74, 6) is -3.97. The van der Waals surface area contributed by atoms with Crippen molar-refractivity contribution < 1.29 is 48.1 Å². The quantitative estimate of drug-likeness (QED) is 0.284. The Labute approximate surface area is 136 Å². The maximum Gasteiger partial charge on any atom is 0.358 e. The molecule has 0 aliphatic carbocycles. The minimum atomic E-state index is -1.19. The molecule has 1 aliphatic rings. The summed E-state index contributed by atoms with van der Waals surface area (Å²) in [5, 5.41) is 8.85. The second kappa shape index (κ2) is 9.57. The lowest BCUT2D eigenvalue weighted by Gasteiger charge is -2.13. The van der Waals surface area contributed by atoms with Gasteiger partial charge in [-0.05, 0) is 6.92 Å². The van der Waals surface area contributed by atoms with Gasteiger partial charge in [-0.25, -0.2) is 14.4 Å². The average molecular weight is 347 g/mol. The van der Waals surface area contributed by atoms with Crippen molar-refractivity contribution in [1.29, 1.82) is 0 Å². The molecule has 0 bridgehead atoms. The van der Waals surface area contributed by atoms with Crippen LogP contribution in [0.5, 0.6) is 0 Å². The van der Waals surface area contributed by atoms with Crippen LogP contribution in [0, 0.1) is 0 Å². The first-order chi connectivity index (χ1) is 11.3. The van der Waals surface area contributed by atoms with Crippen molar-refractivity contribution in [3.8, 4) is 0 Å². The highest BCUT2D eigenvalue weighted by Crippen LogP contribution is 2.11. The van der Waals surface area contributed by atoms with E-state index in [1.807, 2.05) is 0 Å². The Hall–Kier alpha value is -2.53. The van der Waals surface area contributed by atoms with E-state index in [9.17, 15) is 24.0 Å². The molecule has 11 heteroatoms. The second-order valence-corrected chi connectivity index (χ2v) is 4.56. The van der Waals surface area contributed by atoms with Crippen LogP contribution in [-0.4, -0.2) is 72.4 Å². The highest BCUT2D eigenvalue weighted by atomic mass is 16.7. The Morgan fingerprint density at radius 2 is 1.75 bits per heavy atom. The first-order valence-corrected chi connectivity index (χ1v) is 6.96. The third-order valence-electron chi connectivity index (χ3n) is 2.66. The molecule has 0 radical (unpaired) electrons. The van der Waals surface area contributed by atoms with E-state index in [2.05, 4.69) is 9.57 Å². The number of carbonyl (C=O) groups excluding carboxylic acids is 5. The number of esters is 2. The van der Waals surface area contributed by atoms with Gasteiger partial charge in [0.15, 0.2) is 6.10 Å². The van der Waals surface area contributed by atoms with Gasteiger partial charge < -0.3 is 24.2 Å². The van der Waals surface area contributed by atoms with Crippen molar-refractivity contribution in [2.75, 3.05) is 26.4 Å². The number of aliphatic hydroxyl groups excluding tert-OH is 1. The van der Waals surface area contributed by atoms with E-state index in [1.165, 1.54) is 6.92 Å². The lowest BCUT2D eigenvalue weighted by molar-refractivity contribution is -0.200. The van der Waals surface area contributed by atoms with Gasteiger partial charge in [0.25, 0.3) is 11.8 Å². The first kappa shape index (κ1) is 19.5. The molecule has 0 aromatic rings. The molecular weight excluding hydrogens is 330 g/mol. The zero-order valence-electron chi connectivity index (χ0n) is 12.9. The number of hydrogen-bond acceptors (Lipinski definition) is 10. The van der Waals surface area contributed by atoms with Crippen LogP contribution in [0.1, 0.15) is 19.8 Å². The molecule has 1 fully saturated rings. The zero-order chi connectivity index (χ0) is 18.1. The van der Waals surface area contributed by atoms with Crippen LogP contribution in [0.4, 0.5) is 0 Å². The van der Waals surface area contributed by atoms with Crippen LogP contribution in [0.2, 0.25) is 0 Å². The maximum absolute atomic E-state index is 11.4. The number of hydrogen-bond donors (Lipinski definition) is 1. The summed E-state index contributed by atoms with van der Waals surface area (Å²) in [5.41, 5.74) is 0. The summed E-state index contributed by atoms with van der Waals surface area (Å²) in [6, 6.07) is 0. The van der Waals surface area contributed by atoms with Crippen LogP contribution in [-0.2, 0) is 43.0 Å². The number of rotatable bonds is 9. The average Bonchev–Trinajstić information content (AvgIpc) is 2.85. The molecule has 0 aromatic heterocycles. The van der Waals surface area contributed by atoms with E-state index in [0.29, 0.717) is 5.06 Å². The molecular formula is C13H17NO10. The summed E-state index contributed by atoms with van der Waals surface area (Å²) in [4.78, 5) is 60.5. The van der Waals surface area contributed by atoms with E-state index >= 15 is 0 Å². The normalized spacial score (nSPS) is 15.2. The molecule has 1 heterocycles. The largest absolute Gasteiger partial charge is 0.461 e. The highest BCUT2D eigenvalue weighted by Gasteiger charge is 2.32. The third kappa shape index (κ3) is 6.30. The Kier molecular flexibility index (Phi) is 7.79. The molecule has 1 atom stereocenters. The predicted octanol–water partition coefficient (Wildman–Crippen LogP) is -1.92. The number of nitrogens with zero attached hydrogens (tertiary/aromatic N) is 1. The van der Waals surface area contributed by atoms with Crippen LogP contribution in [0.15, 0.2) is 0 Å². The fourth-order valence-electron chi connectivity index (χ4n) is 1.54. The van der Waals surface area contributed by atoms with Gasteiger partial charge in [-0.2, -0.15) is 0 Å². The summed E-state index contributed by atoms with van der Waals surface area (Å²) >= 11 is 0. The van der Waals surface area contributed by atoms with E-state index in [-0.39, 0.29) is 26.1 Å². The summed E-state index contributed by atoms with van der Waals surface area (Å²) < 4.78 is 14.1. The Morgan fingerprint density at radius 3 is 2.33 bits per heavy atom. The highest BCUT2D eigenvalue weighted by molar-refractivity contribution is 6.01. The Morgan fingerprint density at radius 1 is 1.12 bits per heavy atom. The number of ether oxygens (including phenoxy) is 3. The van der Waals surface area contributed by atoms with Crippen molar-refractivity contribution in [1.82, 2.24) is 5.06 Å². The maximum atomic E-state index is 11.4. The minimum Gasteiger partial charge on any atom is -0.461 e. The SMILES string of the molecule is CC(OC(=O)CO)C(=O)OCCOCC(=O)ON1C(=O)CCC1=O. The van der Waals surface area contributed by atoms with Crippen molar-refractivity contribution >= 4 is 29.7 Å². The molecule has 1 unspecified atom stereocenters. The molecule has 24 heavy (non-hydrogen) atoms. The van der Waals surface area contributed by atoms with Gasteiger partial charge in [0.05, 0.1) is 6.61 Å². The summed E-state index contributed by atoms with van der Waals surface area (Å²) in [6.07, 6.45) is -1.22. The first-order valence-electron chi connectivity index (χ1n) is 6.96. The lowest BCUT2D eigenvalue weighted by Crippen LogP contribution is -2.33. The van der Waals surface area contributed by atoms with E-state index in [0.717, 1.165) is 0 Å². The second-order valence-electron chi connectivity index (χ2n) is 4.56. The van der Waals surface area contributed by atoms with Gasteiger partial charge >= 0.3 is 17.9 Å². The smallest absolute Gasteiger partial charge is 0.358 e. The fourth-order valence-corrected chi connectivity index (χ4v) is 1.54. The number of imide groups is 1. The third-order valence-corrected chi connectivity index (χ3v) is 2.66. The molecule has 2 amide bonds. The minimum absolute atomic E-state index is 0.0119. The van der Waals surface area contributed by atoms with Gasteiger partial charge in [0.2, 0.25) is 0 Å². The number of carbonyl (C=O) groups is 5. The van der Waals surface area contributed by atoms with Crippen LogP contribution >= 0.6 is 0 Å². The molecule has 1 saturated heterocycles. The van der Waals surface area contributed by atoms with Crippen LogP contribution in [0.25, 0.3) is 0 Å². The number of amides is 2. The van der Waals surface area contributed by atoms with Gasteiger partial charge in [0.1, 0.15) is 19.8 Å². The standard InChI is InChI=1S/C13H17NO10/c1-8(23-11(18)6-15)13(20)22-5-4-21-7-12(19)24-14-9(16)2-3-10(14)17/h8,15H,2-7H2,1H3. The van der Waals surface area contributed by atoms with Gasteiger partial charge in [-0.3, -0.25) is 9.59 Å². The van der Waals surface area contributed by atoms with Crippen molar-refractivity contribution in [3.05, 3.63) is 0 Å². The van der Waals surface area contributed by atoms with Gasteiger partial charge in [-0.1, -0.05) is 0 Å². The van der Waals surface area contributed by atoms with Gasteiger partial charge in [-0.15, -0.1) is 5.06 Å². The van der Waals surface area contributed by atoms with E-state index < -0.39 is 49.0 Å². The van der Waals surface area contributed by atoms with Crippen molar-refractivity contribution in [2.24, 2.45) is 0 Å². The summed E-state index contributed by atoms with van der Waals surface area (Å²) in [6.45, 7) is -0.537. The molecule has 0 saturated carbocycles. The predicted molar refractivity (Wildman–Crippen MR) is 71.6 cm³/mol. The fraction of sp³-hybridized carbons (Fsp3) is 0.615. The van der Waals surface area contributed by atoms with Crippen molar-refractivity contribution in [2.45, 2.75) is 25.9 Å². The van der Waals surface area contributed by atoms with Crippen molar-refractivity contribution in [3.63, 3.8) is 0 Å². The summed E-state index contributed by atoms with van der Waals surface area (Å²) in [7, 11) is 0. The number of hydroxylamine groups is 2. The van der Waals surface area contributed by atoms with Crippen LogP contribution < -0.4 is 0 Å². The van der Waals surface area contributed by atoms with Crippen LogP contribution in [0.3, 0.4) is 0 Å². The molecule has 0 aromatic carbocycles. The monoisotopic (exact) mass is 347 g/mol. The molecule has 134 valence electrons. The zero-order valence-corrected chi connectivity index (χ0v) is 12.9. The van der Waals surface area contributed by atoms with E-state index in [4.69, 9.17) is 14.6 Å². The molecule has 1 N–H and O–H groups in total. The van der Waals surface area contributed by atoms with Gasteiger partial charge in [0, 0.05) is 12.8 Å². The van der Waals surface area contributed by atoms with E-state index in [1.54, 1.807) is 0 Å². The molecule has 11 nitrogen and oxygen atoms in total. The lowest BCUT2D eigenvalue weighted by atomic mass is 10.4. The molecule has 0 spiro atoms. The Balaban J connectivity index is 2.14. The number of aliphatic hydroxyl groups is 1. The molecule has 1 aliphatic heterocycles. The molecule has 1 rings (SSSR count). The Bertz CT molecular complexity index is 501. The topological polar surface area (TPSA) is 146 Å².